The number of nitrogens with zero attached hydrogens (tertiary/aromatic N) is 2. The van der Waals surface area contributed by atoms with Crippen LogP contribution < -0.4 is 10.6 Å². The zero-order valence-electron chi connectivity index (χ0n) is 12.7. The smallest absolute Gasteiger partial charge is 0.155 e. The molecule has 0 saturated heterocycles. The minimum atomic E-state index is -0.103. The molecule has 2 heterocycles. The number of hydrogen-bond acceptors (Lipinski definition) is 3. The van der Waals surface area contributed by atoms with Crippen LogP contribution in [0.3, 0.4) is 0 Å². The molecule has 2 aromatic heterocycles. The van der Waals surface area contributed by atoms with E-state index in [1.807, 2.05) is 16.8 Å². The van der Waals surface area contributed by atoms with Crippen molar-refractivity contribution in [2.45, 2.75) is 26.5 Å². The maximum absolute atomic E-state index is 9.18. The molecule has 1 atom stereocenters. The van der Waals surface area contributed by atoms with E-state index in [4.69, 9.17) is 9.52 Å². The summed E-state index contributed by atoms with van der Waals surface area (Å²) in [4.78, 5) is 0. The maximum atomic E-state index is 9.18. The number of furan rings is 1. The van der Waals surface area contributed by atoms with Gasteiger partial charge in [0.2, 0.25) is 0 Å². The largest absolute Gasteiger partial charge is 0.457 e. The van der Waals surface area contributed by atoms with Gasteiger partial charge in [0.05, 0.1) is 5.35 Å². The molecule has 1 unspecified atom stereocenters. The Morgan fingerprint density at radius 1 is 1.50 bits per heavy atom. The molecular weight excluding hydrogens is 276 g/mol. The number of rotatable bonds is 5. The molecule has 22 heavy (non-hydrogen) atoms. The predicted molar refractivity (Wildman–Crippen MR) is 87.1 cm³/mol. The summed E-state index contributed by atoms with van der Waals surface area (Å²) in [7, 11) is 0. The Morgan fingerprint density at radius 2 is 2.36 bits per heavy atom. The summed E-state index contributed by atoms with van der Waals surface area (Å²) in [5.74, 6) is 1.58. The quantitative estimate of drug-likeness (QED) is 0.858. The van der Waals surface area contributed by atoms with Crippen LogP contribution >= 0.6 is 0 Å². The van der Waals surface area contributed by atoms with Crippen molar-refractivity contribution < 1.29 is 9.52 Å². The van der Waals surface area contributed by atoms with E-state index in [9.17, 15) is 5.11 Å². The van der Waals surface area contributed by atoms with Gasteiger partial charge >= 0.3 is 0 Å². The van der Waals surface area contributed by atoms with Gasteiger partial charge in [0.1, 0.15) is 18.1 Å². The molecular formula is C18H20N2O2. The molecule has 1 aliphatic carbocycles. The van der Waals surface area contributed by atoms with E-state index in [0.29, 0.717) is 17.4 Å². The molecule has 114 valence electrons. The minimum absolute atomic E-state index is 0.103. The molecule has 0 spiro atoms. The van der Waals surface area contributed by atoms with Gasteiger partial charge in [-0.3, -0.25) is 4.68 Å². The van der Waals surface area contributed by atoms with Crippen molar-refractivity contribution in [1.82, 2.24) is 9.78 Å². The predicted octanol–water partition coefficient (Wildman–Crippen LogP) is 1.98. The first-order valence-electron chi connectivity index (χ1n) is 7.49. The molecule has 0 amide bonds. The Kier molecular flexibility index (Phi) is 4.11. The highest BCUT2D eigenvalue weighted by atomic mass is 16.4. The summed E-state index contributed by atoms with van der Waals surface area (Å²) < 4.78 is 7.67. The second-order valence-corrected chi connectivity index (χ2v) is 5.50. The molecule has 4 nitrogen and oxygen atoms in total. The Balaban J connectivity index is 2.16. The van der Waals surface area contributed by atoms with Crippen LogP contribution in [-0.2, 0) is 13.2 Å². The summed E-state index contributed by atoms with van der Waals surface area (Å²) in [6, 6.07) is 3.65. The summed E-state index contributed by atoms with van der Waals surface area (Å²) >= 11 is 0. The van der Waals surface area contributed by atoms with Crippen LogP contribution in [0.5, 0.6) is 0 Å². The van der Waals surface area contributed by atoms with Crippen molar-refractivity contribution in [3.05, 3.63) is 53.3 Å². The first-order valence-corrected chi connectivity index (χ1v) is 7.49. The van der Waals surface area contributed by atoms with Crippen LogP contribution in [0.4, 0.5) is 0 Å². The van der Waals surface area contributed by atoms with Crippen LogP contribution in [0.2, 0.25) is 0 Å². The van der Waals surface area contributed by atoms with Gasteiger partial charge < -0.3 is 9.52 Å². The van der Waals surface area contributed by atoms with Crippen LogP contribution in [-0.4, -0.2) is 14.9 Å². The Hall–Kier alpha value is -2.33. The van der Waals surface area contributed by atoms with E-state index >= 15 is 0 Å². The lowest BCUT2D eigenvalue weighted by Gasteiger charge is -2.06. The van der Waals surface area contributed by atoms with Gasteiger partial charge in [-0.15, -0.1) is 6.58 Å². The lowest BCUT2D eigenvalue weighted by Crippen LogP contribution is -2.30. The number of fused-ring (bicyclic) bond motifs is 1. The average Bonchev–Trinajstić information content (AvgIpc) is 3.04. The van der Waals surface area contributed by atoms with Crippen LogP contribution in [0.1, 0.15) is 19.1 Å². The van der Waals surface area contributed by atoms with Gasteiger partial charge in [0.15, 0.2) is 5.76 Å². The SMILES string of the molecule is C=CC(C)Cn1nc(-c2ccc(CO)o2)c2c1=CC=CCC=2. The molecule has 1 aliphatic rings. The summed E-state index contributed by atoms with van der Waals surface area (Å²) in [5.41, 5.74) is 0.825. The summed E-state index contributed by atoms with van der Waals surface area (Å²) in [6.45, 7) is 6.64. The van der Waals surface area contributed by atoms with Crippen molar-refractivity contribution in [1.29, 1.82) is 0 Å². The van der Waals surface area contributed by atoms with E-state index in [2.05, 4.69) is 37.8 Å². The number of allylic oxidation sites excluding steroid dienone is 3. The first-order chi connectivity index (χ1) is 10.7. The van der Waals surface area contributed by atoms with Crippen LogP contribution in [0, 0.1) is 5.92 Å². The topological polar surface area (TPSA) is 51.2 Å². The Bertz CT molecular complexity index is 824. The fourth-order valence-corrected chi connectivity index (χ4v) is 2.55. The lowest BCUT2D eigenvalue weighted by atomic mass is 10.2. The Labute approximate surface area is 129 Å². The van der Waals surface area contributed by atoms with Gasteiger partial charge in [0.25, 0.3) is 0 Å². The highest BCUT2D eigenvalue weighted by molar-refractivity contribution is 5.58. The summed E-state index contributed by atoms with van der Waals surface area (Å²) in [6.07, 6.45) is 11.2. The molecule has 3 rings (SSSR count). The molecule has 2 aromatic rings. The van der Waals surface area contributed by atoms with Crippen molar-refractivity contribution in [3.8, 4) is 11.5 Å². The molecule has 0 fully saturated rings. The third-order valence-electron chi connectivity index (χ3n) is 3.79. The number of aromatic nitrogens is 2. The monoisotopic (exact) mass is 296 g/mol. The second kappa shape index (κ2) is 6.20. The zero-order valence-corrected chi connectivity index (χ0v) is 12.7. The van der Waals surface area contributed by atoms with E-state index in [0.717, 1.165) is 29.2 Å². The fourth-order valence-electron chi connectivity index (χ4n) is 2.55. The average molecular weight is 296 g/mol. The standard InChI is InChI=1S/C18H20N2O2/c1-3-13(2)11-20-16-8-6-4-5-7-15(16)18(19-20)17-10-9-14(12-21)22-17/h3-4,6-10,13,21H,1,5,11-12H2,2H3. The molecule has 0 aromatic carbocycles. The van der Waals surface area contributed by atoms with Gasteiger partial charge in [-0.2, -0.15) is 5.10 Å². The maximum Gasteiger partial charge on any atom is 0.155 e. The first kappa shape index (κ1) is 14.6. The van der Waals surface area contributed by atoms with E-state index in [1.165, 1.54) is 0 Å². The van der Waals surface area contributed by atoms with E-state index in [-0.39, 0.29) is 6.61 Å². The van der Waals surface area contributed by atoms with E-state index < -0.39 is 0 Å². The van der Waals surface area contributed by atoms with Crippen molar-refractivity contribution >= 4 is 12.2 Å². The fraction of sp³-hybridized carbons (Fsp3) is 0.278. The lowest BCUT2D eigenvalue weighted by molar-refractivity contribution is 0.248. The van der Waals surface area contributed by atoms with Gasteiger partial charge in [-0.05, 0) is 30.5 Å². The number of aliphatic hydroxyl groups is 1. The van der Waals surface area contributed by atoms with Crippen molar-refractivity contribution in [2.24, 2.45) is 5.92 Å². The van der Waals surface area contributed by atoms with Crippen LogP contribution in [0.15, 0.2) is 41.4 Å². The van der Waals surface area contributed by atoms with Crippen molar-refractivity contribution in [3.63, 3.8) is 0 Å². The Morgan fingerprint density at radius 3 is 3.09 bits per heavy atom. The molecule has 4 heteroatoms. The molecule has 0 bridgehead atoms. The molecule has 1 N–H and O–H groups in total. The van der Waals surface area contributed by atoms with Gasteiger partial charge in [-0.1, -0.05) is 31.2 Å². The number of hydrogen-bond donors (Lipinski definition) is 1. The third-order valence-corrected chi connectivity index (χ3v) is 3.79. The zero-order chi connectivity index (χ0) is 15.5. The highest BCUT2D eigenvalue weighted by Gasteiger charge is 2.14. The van der Waals surface area contributed by atoms with Crippen LogP contribution in [0.25, 0.3) is 23.6 Å². The normalized spacial score (nSPS) is 14.6. The van der Waals surface area contributed by atoms with Gasteiger partial charge in [-0.25, -0.2) is 0 Å². The third kappa shape index (κ3) is 2.70. The van der Waals surface area contributed by atoms with E-state index in [1.54, 1.807) is 6.07 Å². The molecule has 0 aliphatic heterocycles. The molecule has 0 radical (unpaired) electrons. The summed E-state index contributed by atoms with van der Waals surface area (Å²) in [5, 5.41) is 16.1. The second-order valence-electron chi connectivity index (χ2n) is 5.50. The van der Waals surface area contributed by atoms with Crippen molar-refractivity contribution in [2.75, 3.05) is 0 Å². The van der Waals surface area contributed by atoms with Gasteiger partial charge in [0, 0.05) is 11.8 Å². The highest BCUT2D eigenvalue weighted by Crippen LogP contribution is 2.17. The molecule has 0 saturated carbocycles. The minimum Gasteiger partial charge on any atom is -0.457 e. The number of aliphatic hydroxyl groups excluding tert-OH is 1.